The number of hydrogen-bond acceptors (Lipinski definition) is 5. The van der Waals surface area contributed by atoms with Gasteiger partial charge in [-0.2, -0.15) is 0 Å². The van der Waals surface area contributed by atoms with Gasteiger partial charge in [-0.3, -0.25) is 4.90 Å². The first-order valence-corrected chi connectivity index (χ1v) is 10.7. The van der Waals surface area contributed by atoms with Crippen LogP contribution in [-0.2, 0) is 19.4 Å². The molecule has 2 atom stereocenters. The molecule has 0 spiro atoms. The maximum atomic E-state index is 12.7. The van der Waals surface area contributed by atoms with Crippen molar-refractivity contribution in [3.8, 4) is 0 Å². The molecule has 2 aliphatic rings. The zero-order valence-electron chi connectivity index (χ0n) is 14.4. The quantitative estimate of drug-likeness (QED) is 0.723. The molecule has 1 aromatic rings. The smallest absolute Gasteiger partial charge is 0.337 e. The topological polar surface area (TPSA) is 92.8 Å². The maximum Gasteiger partial charge on any atom is 0.337 e. The highest BCUT2D eigenvalue weighted by atomic mass is 79.9. The Balaban J connectivity index is 2.07. The minimum atomic E-state index is -3.17. The van der Waals surface area contributed by atoms with E-state index in [4.69, 9.17) is 4.74 Å². The molecule has 1 N–H and O–H groups in total. The molecule has 0 bridgehead atoms. The lowest BCUT2D eigenvalue weighted by molar-refractivity contribution is -0.136. The Bertz CT molecular complexity index is 896. The third-order valence-electron chi connectivity index (χ3n) is 4.69. The second kappa shape index (κ2) is 7.03. The third kappa shape index (κ3) is 3.50. The number of rotatable bonds is 3. The van der Waals surface area contributed by atoms with E-state index in [2.05, 4.69) is 21.2 Å². The van der Waals surface area contributed by atoms with Gasteiger partial charge in [0.15, 0.2) is 9.84 Å². The van der Waals surface area contributed by atoms with Gasteiger partial charge < -0.3 is 10.1 Å². The number of benzene rings is 1. The third-order valence-corrected chi connectivity index (χ3v) is 6.93. The molecule has 0 unspecified atom stereocenters. The van der Waals surface area contributed by atoms with Crippen LogP contribution in [0.25, 0.3) is 0 Å². The number of nitrogens with one attached hydrogen (secondary N) is 1. The van der Waals surface area contributed by atoms with E-state index < -0.39 is 33.9 Å². The van der Waals surface area contributed by atoms with Gasteiger partial charge in [0.2, 0.25) is 0 Å². The van der Waals surface area contributed by atoms with E-state index in [-0.39, 0.29) is 11.5 Å². The van der Waals surface area contributed by atoms with E-state index in [1.54, 1.807) is 6.92 Å². The molecule has 0 aliphatic carbocycles. The first kappa shape index (κ1) is 18.9. The van der Waals surface area contributed by atoms with E-state index in [1.165, 1.54) is 12.0 Å². The number of ether oxygens (including phenoxy) is 1. The highest BCUT2D eigenvalue weighted by molar-refractivity contribution is 9.10. The van der Waals surface area contributed by atoms with E-state index in [9.17, 15) is 18.0 Å². The summed E-state index contributed by atoms with van der Waals surface area (Å²) < 4.78 is 29.4. The Morgan fingerprint density at radius 2 is 2.12 bits per heavy atom. The zero-order valence-corrected chi connectivity index (χ0v) is 16.8. The molecule has 2 heterocycles. The maximum absolute atomic E-state index is 12.7. The minimum absolute atomic E-state index is 0.0390. The number of sulfone groups is 1. The second-order valence-electron chi connectivity index (χ2n) is 6.36. The predicted molar refractivity (Wildman–Crippen MR) is 99.0 cm³/mol. The van der Waals surface area contributed by atoms with Crippen LogP contribution in [0.1, 0.15) is 24.9 Å². The average Bonchev–Trinajstić information content (AvgIpc) is 2.93. The minimum Gasteiger partial charge on any atom is -0.466 e. The van der Waals surface area contributed by atoms with Crippen LogP contribution in [0.15, 0.2) is 40.0 Å². The molecule has 1 fully saturated rings. The molecule has 3 rings (SSSR count). The number of methoxy groups -OCH3 is 1. The van der Waals surface area contributed by atoms with Gasteiger partial charge >= 0.3 is 12.0 Å². The summed E-state index contributed by atoms with van der Waals surface area (Å²) in [5, 5.41) is 2.82. The van der Waals surface area contributed by atoms with Crippen LogP contribution >= 0.6 is 15.9 Å². The number of halogens is 1. The fourth-order valence-corrected chi connectivity index (χ4v) is 5.60. The van der Waals surface area contributed by atoms with E-state index in [0.29, 0.717) is 17.7 Å². The molecule has 1 saturated heterocycles. The van der Waals surface area contributed by atoms with Crippen LogP contribution in [0.3, 0.4) is 0 Å². The first-order chi connectivity index (χ1) is 12.2. The Morgan fingerprint density at radius 1 is 1.38 bits per heavy atom. The number of hydrogen-bond donors (Lipinski definition) is 1. The van der Waals surface area contributed by atoms with Crippen LogP contribution in [0.2, 0.25) is 0 Å². The van der Waals surface area contributed by atoms with Crippen molar-refractivity contribution in [2.45, 2.75) is 25.4 Å². The highest BCUT2D eigenvalue weighted by Gasteiger charge is 2.42. The number of allylic oxidation sites excluding steroid dienone is 1. The lowest BCUT2D eigenvalue weighted by Gasteiger charge is -2.38. The summed E-state index contributed by atoms with van der Waals surface area (Å²) in [6.45, 7) is 1.65. The van der Waals surface area contributed by atoms with Gasteiger partial charge in [0.25, 0.3) is 0 Å². The van der Waals surface area contributed by atoms with Crippen molar-refractivity contribution < 1.29 is 22.7 Å². The number of carbonyl (C=O) groups excluding carboxylic acids is 2. The van der Waals surface area contributed by atoms with Crippen molar-refractivity contribution in [3.05, 3.63) is 45.6 Å². The molecule has 7 nitrogen and oxygen atoms in total. The molecular weight excluding hydrogens is 424 g/mol. The molecule has 140 valence electrons. The normalized spacial score (nSPS) is 25.2. The van der Waals surface area contributed by atoms with Crippen molar-refractivity contribution >= 4 is 37.8 Å². The van der Waals surface area contributed by atoms with Crippen LogP contribution in [0, 0.1) is 0 Å². The summed E-state index contributed by atoms with van der Waals surface area (Å²) in [5.41, 5.74) is 1.45. The zero-order chi connectivity index (χ0) is 19.1. The van der Waals surface area contributed by atoms with Crippen molar-refractivity contribution in [2.24, 2.45) is 0 Å². The predicted octanol–water partition coefficient (Wildman–Crippen LogP) is 2.15. The number of nitrogens with zero attached hydrogens (tertiary/aromatic N) is 1. The monoisotopic (exact) mass is 442 g/mol. The summed E-state index contributed by atoms with van der Waals surface area (Å²) in [5.74, 6) is -0.621. The molecule has 26 heavy (non-hydrogen) atoms. The van der Waals surface area contributed by atoms with Gasteiger partial charge in [-0.25, -0.2) is 18.0 Å². The van der Waals surface area contributed by atoms with Gasteiger partial charge in [-0.15, -0.1) is 0 Å². The fourth-order valence-electron chi connectivity index (χ4n) is 3.49. The standard InChI is InChI=1S/C17H19BrN2O5S/c1-10-14(16(21)25-2)15(11-4-3-5-12(18)8-11)19-17(22)20(10)13-6-7-26(23,24)9-13/h3-5,8,13,15H,6-7,9H2,1-2H3,(H,19,22)/t13-,15+/m0/s1. The molecule has 0 aromatic heterocycles. The van der Waals surface area contributed by atoms with Crippen LogP contribution in [0.4, 0.5) is 4.79 Å². The van der Waals surface area contributed by atoms with Crippen molar-refractivity contribution in [3.63, 3.8) is 0 Å². The summed E-state index contributed by atoms with van der Waals surface area (Å²) in [6.07, 6.45) is 0.350. The summed E-state index contributed by atoms with van der Waals surface area (Å²) in [4.78, 5) is 26.6. The van der Waals surface area contributed by atoms with Gasteiger partial charge in [0, 0.05) is 10.2 Å². The Kier molecular flexibility index (Phi) is 5.12. The fraction of sp³-hybridized carbons (Fsp3) is 0.412. The average molecular weight is 443 g/mol. The molecule has 2 amide bonds. The van der Waals surface area contributed by atoms with E-state index >= 15 is 0 Å². The van der Waals surface area contributed by atoms with E-state index in [1.807, 2.05) is 24.3 Å². The van der Waals surface area contributed by atoms with Crippen molar-refractivity contribution in [1.29, 1.82) is 0 Å². The van der Waals surface area contributed by atoms with Gasteiger partial charge in [-0.1, -0.05) is 28.1 Å². The molecule has 0 radical (unpaired) electrons. The largest absolute Gasteiger partial charge is 0.466 e. The van der Waals surface area contributed by atoms with Crippen LogP contribution in [0.5, 0.6) is 0 Å². The molecule has 1 aromatic carbocycles. The Morgan fingerprint density at radius 3 is 2.69 bits per heavy atom. The number of urea groups is 1. The second-order valence-corrected chi connectivity index (χ2v) is 9.50. The molecular formula is C17H19BrN2O5S. The van der Waals surface area contributed by atoms with E-state index in [0.717, 1.165) is 10.0 Å². The number of amides is 2. The highest BCUT2D eigenvalue weighted by Crippen LogP contribution is 2.34. The van der Waals surface area contributed by atoms with Crippen LogP contribution in [-0.4, -0.2) is 50.0 Å². The molecule has 0 saturated carbocycles. The SMILES string of the molecule is COC(=O)C1=C(C)N([C@H]2CCS(=O)(=O)C2)C(=O)N[C@@H]1c1cccc(Br)c1. The van der Waals surface area contributed by atoms with Gasteiger partial charge in [-0.05, 0) is 31.0 Å². The lowest BCUT2D eigenvalue weighted by atomic mass is 9.94. The number of esters is 1. The molecule has 2 aliphatic heterocycles. The van der Waals surface area contributed by atoms with Crippen LogP contribution < -0.4 is 5.32 Å². The Hall–Kier alpha value is -1.87. The van der Waals surface area contributed by atoms with Gasteiger partial charge in [0.05, 0.1) is 36.3 Å². The summed E-state index contributed by atoms with van der Waals surface area (Å²) >= 11 is 3.39. The summed E-state index contributed by atoms with van der Waals surface area (Å²) in [7, 11) is -1.89. The lowest BCUT2D eigenvalue weighted by Crippen LogP contribution is -2.52. The molecule has 9 heteroatoms. The van der Waals surface area contributed by atoms with Crippen molar-refractivity contribution in [2.75, 3.05) is 18.6 Å². The first-order valence-electron chi connectivity index (χ1n) is 8.08. The number of carbonyl (C=O) groups is 2. The Labute approximate surface area is 160 Å². The van der Waals surface area contributed by atoms with Gasteiger partial charge in [0.1, 0.15) is 0 Å². The van der Waals surface area contributed by atoms with Crippen molar-refractivity contribution in [1.82, 2.24) is 10.2 Å². The summed E-state index contributed by atoms with van der Waals surface area (Å²) in [6, 6.07) is 5.72.